The molecule has 5 atom stereocenters. The van der Waals surface area contributed by atoms with Gasteiger partial charge < -0.3 is 20.1 Å². The second-order valence-corrected chi connectivity index (χ2v) is 6.93. The summed E-state index contributed by atoms with van der Waals surface area (Å²) in [6.07, 6.45) is 13.2. The molecule has 5 nitrogen and oxygen atoms in total. The van der Waals surface area contributed by atoms with Crippen molar-refractivity contribution >= 4 is 5.97 Å². The lowest BCUT2D eigenvalue weighted by Crippen LogP contribution is -2.17. The summed E-state index contributed by atoms with van der Waals surface area (Å²) in [6.45, 7) is 2.06. The Bertz CT molecular complexity index is 522. The van der Waals surface area contributed by atoms with Crippen LogP contribution in [0.25, 0.3) is 0 Å². The van der Waals surface area contributed by atoms with Gasteiger partial charge in [-0.1, -0.05) is 31.2 Å². The van der Waals surface area contributed by atoms with Crippen LogP contribution < -0.4 is 0 Å². The smallest absolute Gasteiger partial charge is 0.303 e. The van der Waals surface area contributed by atoms with E-state index in [4.69, 9.17) is 9.84 Å². The topological polar surface area (TPSA) is 87.0 Å². The third kappa shape index (κ3) is 6.01. The van der Waals surface area contributed by atoms with Crippen LogP contribution in [-0.2, 0) is 9.53 Å². The summed E-state index contributed by atoms with van der Waals surface area (Å²) in [5, 5.41) is 28.9. The van der Waals surface area contributed by atoms with Crippen molar-refractivity contribution in [2.24, 2.45) is 11.8 Å². The molecular weight excluding hydrogens is 320 g/mol. The molecule has 0 spiro atoms. The Morgan fingerprint density at radius 3 is 2.92 bits per heavy atom. The van der Waals surface area contributed by atoms with Gasteiger partial charge in [-0.05, 0) is 31.8 Å². The van der Waals surface area contributed by atoms with E-state index in [0.717, 1.165) is 18.6 Å². The van der Waals surface area contributed by atoms with E-state index in [0.29, 0.717) is 25.7 Å². The highest BCUT2D eigenvalue weighted by molar-refractivity contribution is 5.66. The number of hydrogen-bond donors (Lipinski definition) is 3. The first-order valence-corrected chi connectivity index (χ1v) is 9.28. The molecule has 25 heavy (non-hydrogen) atoms. The number of aliphatic carboxylic acids is 1. The fraction of sp³-hybridized carbons (Fsp3) is 0.650. The maximum Gasteiger partial charge on any atom is 0.303 e. The van der Waals surface area contributed by atoms with Crippen LogP contribution in [0.1, 0.15) is 51.9 Å². The van der Waals surface area contributed by atoms with E-state index in [1.807, 2.05) is 24.3 Å². The molecule has 2 fully saturated rings. The molecule has 140 valence electrons. The lowest BCUT2D eigenvalue weighted by molar-refractivity contribution is -0.137. The average molecular weight is 350 g/mol. The van der Waals surface area contributed by atoms with Gasteiger partial charge in [0.15, 0.2) is 0 Å². The van der Waals surface area contributed by atoms with Crippen molar-refractivity contribution in [3.8, 4) is 0 Å². The molecule has 1 aliphatic carbocycles. The number of unbranched alkanes of at least 4 members (excludes halogenated alkanes) is 1. The van der Waals surface area contributed by atoms with Crippen LogP contribution in [0.4, 0.5) is 0 Å². The van der Waals surface area contributed by atoms with E-state index in [1.165, 1.54) is 0 Å². The van der Waals surface area contributed by atoms with Crippen molar-refractivity contribution in [1.82, 2.24) is 0 Å². The number of rotatable bonds is 9. The van der Waals surface area contributed by atoms with Gasteiger partial charge in [0.2, 0.25) is 0 Å². The molecular formula is C20H30O5. The Kier molecular flexibility index (Phi) is 7.72. The highest BCUT2D eigenvalue weighted by atomic mass is 16.5. The van der Waals surface area contributed by atoms with Crippen molar-refractivity contribution in [2.45, 2.75) is 70.2 Å². The number of fused-ring (bicyclic) bond motifs is 1. The molecule has 0 unspecified atom stereocenters. The zero-order valence-electron chi connectivity index (χ0n) is 14.9. The maximum absolute atomic E-state index is 10.5. The van der Waals surface area contributed by atoms with E-state index >= 15 is 0 Å². The van der Waals surface area contributed by atoms with Gasteiger partial charge in [-0.3, -0.25) is 4.79 Å². The third-order valence-electron chi connectivity index (χ3n) is 4.93. The molecule has 1 saturated carbocycles. The molecule has 2 aliphatic rings. The monoisotopic (exact) mass is 350 g/mol. The molecule has 1 heterocycles. The largest absolute Gasteiger partial charge is 0.495 e. The van der Waals surface area contributed by atoms with E-state index in [9.17, 15) is 15.0 Å². The van der Waals surface area contributed by atoms with Crippen molar-refractivity contribution in [3.63, 3.8) is 0 Å². The second-order valence-electron chi connectivity index (χ2n) is 6.93. The van der Waals surface area contributed by atoms with Crippen molar-refractivity contribution in [3.05, 3.63) is 36.1 Å². The lowest BCUT2D eigenvalue weighted by Gasteiger charge is -2.15. The Morgan fingerprint density at radius 1 is 1.40 bits per heavy atom. The Hall–Kier alpha value is -1.59. The van der Waals surface area contributed by atoms with Crippen molar-refractivity contribution in [2.75, 3.05) is 0 Å². The minimum atomic E-state index is -0.775. The fourth-order valence-corrected chi connectivity index (χ4v) is 3.64. The number of ether oxygens (including phenoxy) is 1. The first kappa shape index (κ1) is 19.7. The lowest BCUT2D eigenvalue weighted by atomic mass is 9.90. The van der Waals surface area contributed by atoms with Gasteiger partial charge in [0.05, 0.1) is 18.0 Å². The molecule has 0 aromatic carbocycles. The first-order chi connectivity index (χ1) is 12.0. The van der Waals surface area contributed by atoms with Crippen LogP contribution in [0.15, 0.2) is 36.1 Å². The van der Waals surface area contributed by atoms with Crippen molar-refractivity contribution in [1.29, 1.82) is 0 Å². The van der Waals surface area contributed by atoms with Gasteiger partial charge in [0.25, 0.3) is 0 Å². The number of allylic oxidation sites excluding steroid dienone is 3. The number of hydrogen-bond acceptors (Lipinski definition) is 4. The Labute approximate surface area is 149 Å². The summed E-state index contributed by atoms with van der Waals surface area (Å²) in [4.78, 5) is 10.5. The SMILES string of the molecule is CC/C=C\C[C@H](O)/C=C/[C@@H]1[C@H]2C/C(=C\CCCC(=O)O)O[C@H]2C[C@H]1O. The average Bonchev–Trinajstić information content (AvgIpc) is 3.06. The third-order valence-corrected chi connectivity index (χ3v) is 4.93. The van der Waals surface area contributed by atoms with Crippen LogP contribution in [0.3, 0.4) is 0 Å². The maximum atomic E-state index is 10.5. The normalized spacial score (nSPS) is 31.7. The standard InChI is InChI=1S/C20H30O5/c1-2-3-4-7-14(21)10-11-16-17-12-15(8-5-6-9-20(23)24)25-19(17)13-18(16)22/h3-4,8,10-11,14,16-19,21-22H,2,5-7,9,12-13H2,1H3,(H,23,24)/b4-3-,11-10+,15-8+/t14-,16+,17+,18+,19-/m0/s1. The summed E-state index contributed by atoms with van der Waals surface area (Å²) in [5.74, 6) is 0.371. The van der Waals surface area contributed by atoms with E-state index < -0.39 is 18.2 Å². The number of carboxylic acid groups (broad SMARTS) is 1. The number of aliphatic hydroxyl groups excluding tert-OH is 2. The molecule has 3 N–H and O–H groups in total. The molecule has 0 bridgehead atoms. The van der Waals surface area contributed by atoms with Crippen LogP contribution in [-0.4, -0.2) is 39.6 Å². The van der Waals surface area contributed by atoms with Gasteiger partial charge in [0, 0.05) is 31.1 Å². The summed E-state index contributed by atoms with van der Waals surface area (Å²) in [6, 6.07) is 0. The number of aliphatic hydroxyl groups is 2. The zero-order valence-corrected chi connectivity index (χ0v) is 14.9. The molecule has 5 heteroatoms. The van der Waals surface area contributed by atoms with Crippen molar-refractivity contribution < 1.29 is 24.9 Å². The van der Waals surface area contributed by atoms with E-state index in [-0.39, 0.29) is 24.4 Å². The molecule has 2 rings (SSSR count). The van der Waals surface area contributed by atoms with Gasteiger partial charge in [0.1, 0.15) is 6.10 Å². The predicted molar refractivity (Wildman–Crippen MR) is 95.9 cm³/mol. The summed E-state index contributed by atoms with van der Waals surface area (Å²) >= 11 is 0. The Morgan fingerprint density at radius 2 is 2.20 bits per heavy atom. The highest BCUT2D eigenvalue weighted by Crippen LogP contribution is 2.45. The van der Waals surface area contributed by atoms with E-state index in [1.54, 1.807) is 6.08 Å². The van der Waals surface area contributed by atoms with Crippen LogP contribution in [0, 0.1) is 11.8 Å². The fourth-order valence-electron chi connectivity index (χ4n) is 3.64. The van der Waals surface area contributed by atoms with Crippen LogP contribution >= 0.6 is 0 Å². The number of carbonyl (C=O) groups is 1. The Balaban J connectivity index is 1.86. The van der Waals surface area contributed by atoms with E-state index in [2.05, 4.69) is 6.92 Å². The summed E-state index contributed by atoms with van der Waals surface area (Å²) in [7, 11) is 0. The minimum absolute atomic E-state index is 0.000255. The molecule has 1 aliphatic heterocycles. The van der Waals surface area contributed by atoms with Crippen LogP contribution in [0.5, 0.6) is 0 Å². The van der Waals surface area contributed by atoms with Crippen LogP contribution in [0.2, 0.25) is 0 Å². The van der Waals surface area contributed by atoms with Gasteiger partial charge in [-0.2, -0.15) is 0 Å². The molecule has 1 saturated heterocycles. The van der Waals surface area contributed by atoms with Gasteiger partial charge in [-0.15, -0.1) is 0 Å². The highest BCUT2D eigenvalue weighted by Gasteiger charge is 2.46. The van der Waals surface area contributed by atoms with Gasteiger partial charge in [-0.25, -0.2) is 0 Å². The molecule has 0 amide bonds. The zero-order chi connectivity index (χ0) is 18.2. The van der Waals surface area contributed by atoms with Gasteiger partial charge >= 0.3 is 5.97 Å². The summed E-state index contributed by atoms with van der Waals surface area (Å²) in [5.41, 5.74) is 0. The molecule has 0 radical (unpaired) electrons. The minimum Gasteiger partial charge on any atom is -0.495 e. The molecule has 0 aromatic heterocycles. The quantitative estimate of drug-likeness (QED) is 0.439. The predicted octanol–water partition coefficient (Wildman–Crippen LogP) is 3.18. The number of carboxylic acids is 1. The first-order valence-electron chi connectivity index (χ1n) is 9.28. The molecule has 0 aromatic rings. The summed E-state index contributed by atoms with van der Waals surface area (Å²) < 4.78 is 5.93. The second kappa shape index (κ2) is 9.78.